The molecule has 0 bridgehead atoms. The molecule has 23 heavy (non-hydrogen) atoms. The number of hydrogen-bond donors (Lipinski definition) is 2. The van der Waals surface area contributed by atoms with E-state index in [4.69, 9.17) is 5.73 Å². The minimum atomic E-state index is -0.957. The topological polar surface area (TPSA) is 72.2 Å². The van der Waals surface area contributed by atoms with Crippen LogP contribution >= 0.6 is 12.4 Å². The summed E-state index contributed by atoms with van der Waals surface area (Å²) >= 11 is 0. The second-order valence-electron chi connectivity index (χ2n) is 7.12. The van der Waals surface area contributed by atoms with E-state index in [1.165, 1.54) is 0 Å². The first kappa shape index (κ1) is 20.1. The monoisotopic (exact) mass is 358 g/mol. The van der Waals surface area contributed by atoms with E-state index in [1.54, 1.807) is 0 Å². The van der Waals surface area contributed by atoms with Crippen LogP contribution in [-0.2, 0) is 21.3 Å². The van der Waals surface area contributed by atoms with Crippen LogP contribution in [0.2, 0.25) is 0 Å². The van der Waals surface area contributed by atoms with Crippen LogP contribution in [0.3, 0.4) is 0 Å². The number of rotatable bonds is 4. The van der Waals surface area contributed by atoms with Gasteiger partial charge in [-0.05, 0) is 51.3 Å². The number of nitrogens with two attached hydrogens (primary N) is 1. The Kier molecular flexibility index (Phi) is 6.81. The third-order valence-corrected chi connectivity index (χ3v) is 6.08. The predicted octanol–water partition coefficient (Wildman–Crippen LogP) is 3.37. The summed E-state index contributed by atoms with van der Waals surface area (Å²) in [5.74, 6) is 0.375. The number of carbonyl (C=O) groups excluding carboxylic acids is 1. The van der Waals surface area contributed by atoms with Gasteiger partial charge in [0.2, 0.25) is 5.91 Å². The lowest BCUT2D eigenvalue weighted by Gasteiger charge is -2.22. The van der Waals surface area contributed by atoms with Crippen LogP contribution in [0.5, 0.6) is 0 Å². The smallest absolute Gasteiger partial charge is 0.244 e. The molecule has 1 aliphatic rings. The molecule has 0 heterocycles. The highest BCUT2D eigenvalue weighted by Crippen LogP contribution is 2.28. The van der Waals surface area contributed by atoms with Gasteiger partial charge in [0.15, 0.2) is 0 Å². The molecule has 1 aromatic carbocycles. The third-order valence-electron chi connectivity index (χ3n) is 4.11. The average Bonchev–Trinajstić information content (AvgIpc) is 2.86. The molecule has 1 aliphatic carbocycles. The van der Waals surface area contributed by atoms with Crippen LogP contribution in [0.4, 0.5) is 5.69 Å². The van der Waals surface area contributed by atoms with Crippen molar-refractivity contribution in [3.63, 3.8) is 0 Å². The molecule has 0 aromatic heterocycles. The number of anilines is 1. The van der Waals surface area contributed by atoms with Gasteiger partial charge in [0.1, 0.15) is 0 Å². The summed E-state index contributed by atoms with van der Waals surface area (Å²) in [4.78, 5) is 12.3. The minimum absolute atomic E-state index is 0. The summed E-state index contributed by atoms with van der Waals surface area (Å²) in [5, 5.41) is 2.91. The SMILES string of the molecule is CC(C)(C)S(=O)Cc1cccc(NC(=O)C2(N)CCCC2)c1.Cl. The lowest BCUT2D eigenvalue weighted by molar-refractivity contribution is -0.121. The van der Waals surface area contributed by atoms with Gasteiger partial charge in [-0.25, -0.2) is 0 Å². The molecular weight excluding hydrogens is 332 g/mol. The fourth-order valence-corrected chi connectivity index (χ4v) is 3.51. The van der Waals surface area contributed by atoms with E-state index in [2.05, 4.69) is 5.32 Å². The lowest BCUT2D eigenvalue weighted by atomic mass is 9.98. The highest BCUT2D eigenvalue weighted by Gasteiger charge is 2.36. The van der Waals surface area contributed by atoms with Gasteiger partial charge in [-0.15, -0.1) is 12.4 Å². The summed E-state index contributed by atoms with van der Waals surface area (Å²) in [6.07, 6.45) is 3.50. The fraction of sp³-hybridized carbons (Fsp3) is 0.588. The van der Waals surface area contributed by atoms with Crippen molar-refractivity contribution in [1.29, 1.82) is 0 Å². The number of benzene rings is 1. The van der Waals surface area contributed by atoms with Crippen molar-refractivity contribution in [1.82, 2.24) is 0 Å². The first-order valence-corrected chi connectivity index (χ1v) is 9.10. The molecule has 0 aliphatic heterocycles. The van der Waals surface area contributed by atoms with Crippen molar-refractivity contribution in [2.45, 2.75) is 62.5 Å². The van der Waals surface area contributed by atoms with Gasteiger partial charge < -0.3 is 11.1 Å². The van der Waals surface area contributed by atoms with Crippen LogP contribution in [-0.4, -0.2) is 20.4 Å². The molecule has 1 unspecified atom stereocenters. The van der Waals surface area contributed by atoms with Gasteiger partial charge in [-0.1, -0.05) is 25.0 Å². The van der Waals surface area contributed by atoms with Crippen LogP contribution in [0.25, 0.3) is 0 Å². The van der Waals surface area contributed by atoms with E-state index in [1.807, 2.05) is 45.0 Å². The Hall–Kier alpha value is -0.910. The molecule has 2 rings (SSSR count). The van der Waals surface area contributed by atoms with E-state index in [0.717, 1.165) is 36.9 Å². The molecule has 0 spiro atoms. The van der Waals surface area contributed by atoms with E-state index < -0.39 is 16.3 Å². The number of amides is 1. The first-order chi connectivity index (χ1) is 10.2. The first-order valence-electron chi connectivity index (χ1n) is 7.78. The number of nitrogens with one attached hydrogen (secondary N) is 1. The Morgan fingerprint density at radius 1 is 1.30 bits per heavy atom. The van der Waals surface area contributed by atoms with Gasteiger partial charge in [0, 0.05) is 27.0 Å². The summed E-state index contributed by atoms with van der Waals surface area (Å²) < 4.78 is 12.0. The molecule has 1 aromatic rings. The van der Waals surface area contributed by atoms with E-state index in [-0.39, 0.29) is 23.1 Å². The molecule has 6 heteroatoms. The van der Waals surface area contributed by atoms with E-state index in [9.17, 15) is 9.00 Å². The standard InChI is InChI=1S/C17H26N2O2S.ClH/c1-16(2,3)22(21)12-13-7-6-8-14(11-13)19-15(20)17(18)9-4-5-10-17;/h6-8,11H,4-5,9-10,12,18H2,1-3H3,(H,19,20);1H. The average molecular weight is 359 g/mol. The van der Waals surface area contributed by atoms with Gasteiger partial charge in [-0.2, -0.15) is 0 Å². The molecule has 3 N–H and O–H groups in total. The summed E-state index contributed by atoms with van der Waals surface area (Å²) in [5.41, 5.74) is 7.12. The van der Waals surface area contributed by atoms with Crippen molar-refractivity contribution >= 4 is 34.8 Å². The molecule has 1 fully saturated rings. The summed E-state index contributed by atoms with van der Waals surface area (Å²) in [6.45, 7) is 5.90. The molecule has 0 radical (unpaired) electrons. The van der Waals surface area contributed by atoms with Gasteiger partial charge in [-0.3, -0.25) is 9.00 Å². The van der Waals surface area contributed by atoms with E-state index in [0.29, 0.717) is 5.75 Å². The Balaban J connectivity index is 0.00000264. The van der Waals surface area contributed by atoms with Gasteiger partial charge in [0.25, 0.3) is 0 Å². The maximum Gasteiger partial charge on any atom is 0.244 e. The second kappa shape index (κ2) is 7.77. The Labute approximate surface area is 147 Å². The van der Waals surface area contributed by atoms with Crippen molar-refractivity contribution in [2.75, 3.05) is 5.32 Å². The number of halogens is 1. The minimum Gasteiger partial charge on any atom is -0.324 e. The van der Waals surface area contributed by atoms with Crippen molar-refractivity contribution in [3.8, 4) is 0 Å². The van der Waals surface area contributed by atoms with Crippen LogP contribution in [0.1, 0.15) is 52.0 Å². The highest BCUT2D eigenvalue weighted by atomic mass is 35.5. The van der Waals surface area contributed by atoms with E-state index >= 15 is 0 Å². The maximum atomic E-state index is 12.3. The van der Waals surface area contributed by atoms with Crippen LogP contribution < -0.4 is 11.1 Å². The molecule has 1 amide bonds. The molecular formula is C17H27ClN2O2S. The zero-order valence-corrected chi connectivity index (χ0v) is 15.7. The number of hydrogen-bond acceptors (Lipinski definition) is 3. The van der Waals surface area contributed by atoms with Crippen LogP contribution in [0.15, 0.2) is 24.3 Å². The molecule has 1 atom stereocenters. The quantitative estimate of drug-likeness (QED) is 0.866. The molecule has 130 valence electrons. The number of carbonyl (C=O) groups is 1. The highest BCUT2D eigenvalue weighted by molar-refractivity contribution is 7.85. The lowest BCUT2D eigenvalue weighted by Crippen LogP contribution is -2.48. The Bertz CT molecular complexity index is 578. The van der Waals surface area contributed by atoms with Crippen molar-refractivity contribution in [3.05, 3.63) is 29.8 Å². The zero-order chi connectivity index (χ0) is 16.4. The molecule has 4 nitrogen and oxygen atoms in total. The zero-order valence-electron chi connectivity index (χ0n) is 14.1. The summed E-state index contributed by atoms with van der Waals surface area (Å²) in [7, 11) is -0.957. The van der Waals surface area contributed by atoms with Crippen molar-refractivity contribution in [2.24, 2.45) is 5.73 Å². The van der Waals surface area contributed by atoms with Gasteiger partial charge in [0.05, 0.1) is 5.54 Å². The maximum absolute atomic E-state index is 12.3. The normalized spacial score (nSPS) is 18.1. The second-order valence-corrected chi connectivity index (χ2v) is 9.32. The Morgan fingerprint density at radius 2 is 1.91 bits per heavy atom. The Morgan fingerprint density at radius 3 is 2.48 bits per heavy atom. The predicted molar refractivity (Wildman–Crippen MR) is 99.3 cm³/mol. The van der Waals surface area contributed by atoms with Crippen molar-refractivity contribution < 1.29 is 9.00 Å². The molecule has 1 saturated carbocycles. The molecule has 0 saturated heterocycles. The largest absolute Gasteiger partial charge is 0.324 e. The fourth-order valence-electron chi connectivity index (χ4n) is 2.60. The van der Waals surface area contributed by atoms with Gasteiger partial charge >= 0.3 is 0 Å². The third kappa shape index (κ3) is 5.30. The summed E-state index contributed by atoms with van der Waals surface area (Å²) in [6, 6.07) is 7.55. The van der Waals surface area contributed by atoms with Crippen LogP contribution in [0, 0.1) is 0 Å².